The predicted molar refractivity (Wildman–Crippen MR) is 64.7 cm³/mol. The fourth-order valence-electron chi connectivity index (χ4n) is 1.54. The van der Waals surface area contributed by atoms with Crippen molar-refractivity contribution in [3.63, 3.8) is 0 Å². The molecule has 0 bridgehead atoms. The number of ether oxygens (including phenoxy) is 1. The average molecular weight is 272 g/mol. The lowest BCUT2D eigenvalue weighted by Crippen LogP contribution is -2.23. The SMILES string of the molecule is COC(=O)c1cc(N(C)CCO)c([N+](=O)[O-])cc1F. The van der Waals surface area contributed by atoms with Gasteiger partial charge in [0.25, 0.3) is 5.69 Å². The highest BCUT2D eigenvalue weighted by Crippen LogP contribution is 2.30. The molecule has 0 unspecified atom stereocenters. The molecule has 0 aliphatic heterocycles. The number of aliphatic hydroxyl groups is 1. The van der Waals surface area contributed by atoms with E-state index in [1.54, 1.807) is 0 Å². The third kappa shape index (κ3) is 3.16. The molecule has 0 aliphatic rings. The Morgan fingerprint density at radius 2 is 2.21 bits per heavy atom. The first kappa shape index (κ1) is 14.8. The number of nitro groups is 1. The molecule has 7 nitrogen and oxygen atoms in total. The van der Waals surface area contributed by atoms with Gasteiger partial charge in [0, 0.05) is 13.6 Å². The fourth-order valence-corrected chi connectivity index (χ4v) is 1.54. The minimum Gasteiger partial charge on any atom is -0.465 e. The van der Waals surface area contributed by atoms with E-state index in [1.807, 2.05) is 0 Å². The van der Waals surface area contributed by atoms with Crippen molar-refractivity contribution in [2.24, 2.45) is 0 Å². The number of hydrogen-bond acceptors (Lipinski definition) is 6. The smallest absolute Gasteiger partial charge is 0.340 e. The van der Waals surface area contributed by atoms with E-state index in [4.69, 9.17) is 5.11 Å². The van der Waals surface area contributed by atoms with E-state index in [1.165, 1.54) is 11.9 Å². The first-order valence-corrected chi connectivity index (χ1v) is 5.30. The van der Waals surface area contributed by atoms with Crippen LogP contribution in [-0.2, 0) is 4.74 Å². The van der Waals surface area contributed by atoms with Crippen LogP contribution >= 0.6 is 0 Å². The number of likely N-dealkylation sites (N-methyl/N-ethyl adjacent to an activating group) is 1. The summed E-state index contributed by atoms with van der Waals surface area (Å²) in [7, 11) is 2.57. The minimum atomic E-state index is -1.03. The second-order valence-corrected chi connectivity index (χ2v) is 3.71. The molecular formula is C11H13FN2O5. The van der Waals surface area contributed by atoms with Gasteiger partial charge in [-0.3, -0.25) is 10.1 Å². The first-order chi connectivity index (χ1) is 8.92. The van der Waals surface area contributed by atoms with E-state index < -0.39 is 28.0 Å². The number of hydrogen-bond donors (Lipinski definition) is 1. The van der Waals surface area contributed by atoms with Gasteiger partial charge in [-0.2, -0.15) is 0 Å². The third-order valence-corrected chi connectivity index (χ3v) is 2.51. The first-order valence-electron chi connectivity index (χ1n) is 5.30. The molecule has 0 aromatic heterocycles. The Morgan fingerprint density at radius 1 is 1.58 bits per heavy atom. The van der Waals surface area contributed by atoms with Crippen molar-refractivity contribution in [1.82, 2.24) is 0 Å². The second kappa shape index (κ2) is 6.10. The highest BCUT2D eigenvalue weighted by molar-refractivity contribution is 5.92. The van der Waals surface area contributed by atoms with Crippen molar-refractivity contribution in [3.8, 4) is 0 Å². The lowest BCUT2D eigenvalue weighted by Gasteiger charge is -2.18. The Balaban J connectivity index is 3.39. The van der Waals surface area contributed by atoms with Crippen molar-refractivity contribution in [2.75, 3.05) is 32.2 Å². The molecule has 1 aromatic rings. The Morgan fingerprint density at radius 3 is 2.68 bits per heavy atom. The topological polar surface area (TPSA) is 92.9 Å². The van der Waals surface area contributed by atoms with Crippen LogP contribution in [0, 0.1) is 15.9 Å². The molecule has 0 aliphatic carbocycles. The molecule has 0 fully saturated rings. The zero-order valence-corrected chi connectivity index (χ0v) is 10.4. The number of aliphatic hydroxyl groups excluding tert-OH is 1. The molecule has 19 heavy (non-hydrogen) atoms. The fraction of sp³-hybridized carbons (Fsp3) is 0.364. The summed E-state index contributed by atoms with van der Waals surface area (Å²) >= 11 is 0. The van der Waals surface area contributed by atoms with Crippen LogP contribution in [0.15, 0.2) is 12.1 Å². The number of halogens is 1. The van der Waals surface area contributed by atoms with Crippen molar-refractivity contribution in [3.05, 3.63) is 33.6 Å². The summed E-state index contributed by atoms with van der Waals surface area (Å²) in [6, 6.07) is 1.70. The van der Waals surface area contributed by atoms with Gasteiger partial charge in [-0.25, -0.2) is 9.18 Å². The number of nitrogens with zero attached hydrogens (tertiary/aromatic N) is 2. The van der Waals surface area contributed by atoms with Gasteiger partial charge in [0.05, 0.1) is 30.3 Å². The van der Waals surface area contributed by atoms with Crippen LogP contribution in [0.4, 0.5) is 15.8 Å². The molecule has 1 rings (SSSR count). The zero-order valence-electron chi connectivity index (χ0n) is 10.4. The van der Waals surface area contributed by atoms with Gasteiger partial charge in [0.1, 0.15) is 11.5 Å². The zero-order chi connectivity index (χ0) is 14.6. The Hall–Kier alpha value is -2.22. The van der Waals surface area contributed by atoms with E-state index in [9.17, 15) is 19.3 Å². The van der Waals surface area contributed by atoms with Gasteiger partial charge in [0.2, 0.25) is 0 Å². The highest BCUT2D eigenvalue weighted by atomic mass is 19.1. The largest absolute Gasteiger partial charge is 0.465 e. The number of benzene rings is 1. The van der Waals surface area contributed by atoms with Crippen LogP contribution < -0.4 is 4.90 Å². The summed E-state index contributed by atoms with van der Waals surface area (Å²) in [5, 5.41) is 19.7. The van der Waals surface area contributed by atoms with Crippen LogP contribution in [0.3, 0.4) is 0 Å². The van der Waals surface area contributed by atoms with Gasteiger partial charge in [-0.15, -0.1) is 0 Å². The van der Waals surface area contributed by atoms with Crippen LogP contribution in [0.1, 0.15) is 10.4 Å². The number of esters is 1. The van der Waals surface area contributed by atoms with Crippen LogP contribution in [-0.4, -0.2) is 43.3 Å². The Bertz CT molecular complexity index is 506. The summed E-state index contributed by atoms with van der Waals surface area (Å²) in [5.41, 5.74) is -0.852. The molecule has 1 aromatic carbocycles. The minimum absolute atomic E-state index is 0.0286. The van der Waals surface area contributed by atoms with E-state index >= 15 is 0 Å². The Kier molecular flexibility index (Phi) is 4.76. The third-order valence-electron chi connectivity index (χ3n) is 2.51. The van der Waals surface area contributed by atoms with Crippen LogP contribution in [0.25, 0.3) is 0 Å². The molecule has 0 atom stereocenters. The second-order valence-electron chi connectivity index (χ2n) is 3.71. The molecule has 104 valence electrons. The van der Waals surface area contributed by atoms with Gasteiger partial charge >= 0.3 is 5.97 Å². The van der Waals surface area contributed by atoms with E-state index in [2.05, 4.69) is 4.74 Å². The maximum absolute atomic E-state index is 13.6. The molecule has 8 heteroatoms. The summed E-state index contributed by atoms with van der Waals surface area (Å²) in [6.07, 6.45) is 0. The van der Waals surface area contributed by atoms with E-state index in [0.717, 1.165) is 13.2 Å². The lowest BCUT2D eigenvalue weighted by atomic mass is 10.1. The van der Waals surface area contributed by atoms with Gasteiger partial charge in [-0.1, -0.05) is 0 Å². The summed E-state index contributed by atoms with van der Waals surface area (Å²) in [4.78, 5) is 22.8. The van der Waals surface area contributed by atoms with Crippen LogP contribution in [0.5, 0.6) is 0 Å². The van der Waals surface area contributed by atoms with Crippen LogP contribution in [0.2, 0.25) is 0 Å². The van der Waals surface area contributed by atoms with E-state index in [0.29, 0.717) is 6.07 Å². The van der Waals surface area contributed by atoms with Gasteiger partial charge < -0.3 is 14.7 Å². The molecule has 0 spiro atoms. The predicted octanol–water partition coefficient (Wildman–Crippen LogP) is 0.949. The number of methoxy groups -OCH3 is 1. The standard InChI is InChI=1S/C11H13FN2O5/c1-13(3-4-15)9-5-7(11(16)19-2)8(12)6-10(9)14(17)18/h5-6,15H,3-4H2,1-2H3. The van der Waals surface area contributed by atoms with Gasteiger partial charge in [0.15, 0.2) is 0 Å². The van der Waals surface area contributed by atoms with Crippen molar-refractivity contribution >= 4 is 17.3 Å². The average Bonchev–Trinajstić information content (AvgIpc) is 2.37. The maximum Gasteiger partial charge on any atom is 0.340 e. The summed E-state index contributed by atoms with van der Waals surface area (Å²) in [5.74, 6) is -1.95. The molecule has 0 saturated carbocycles. The molecule has 1 N–H and O–H groups in total. The number of nitro benzene ring substituents is 1. The maximum atomic E-state index is 13.6. The quantitative estimate of drug-likeness (QED) is 0.487. The number of rotatable bonds is 5. The van der Waals surface area contributed by atoms with E-state index in [-0.39, 0.29) is 18.8 Å². The highest BCUT2D eigenvalue weighted by Gasteiger charge is 2.24. The van der Waals surface area contributed by atoms with Gasteiger partial charge in [-0.05, 0) is 6.07 Å². The molecule has 0 radical (unpaired) electrons. The monoisotopic (exact) mass is 272 g/mol. The van der Waals surface area contributed by atoms with Crippen molar-refractivity contribution < 1.29 is 24.0 Å². The normalized spacial score (nSPS) is 10.1. The number of anilines is 1. The van der Waals surface area contributed by atoms with Crippen molar-refractivity contribution in [1.29, 1.82) is 0 Å². The molecule has 0 amide bonds. The number of carbonyl (C=O) groups excluding carboxylic acids is 1. The summed E-state index contributed by atoms with van der Waals surface area (Å²) in [6.45, 7) is -0.133. The lowest BCUT2D eigenvalue weighted by molar-refractivity contribution is -0.384. The number of carbonyl (C=O) groups is 1. The van der Waals surface area contributed by atoms with Crippen molar-refractivity contribution in [2.45, 2.75) is 0 Å². The molecule has 0 heterocycles. The Labute approximate surface area is 108 Å². The molecular weight excluding hydrogens is 259 g/mol. The molecule has 0 saturated heterocycles. The summed E-state index contributed by atoms with van der Waals surface area (Å²) < 4.78 is 18.0.